The Morgan fingerprint density at radius 2 is 2.14 bits per heavy atom. The van der Waals surface area contributed by atoms with E-state index in [1.165, 1.54) is 0 Å². The first-order valence-electron chi connectivity index (χ1n) is 4.74. The predicted molar refractivity (Wildman–Crippen MR) is 67.4 cm³/mol. The van der Waals surface area contributed by atoms with Crippen LogP contribution in [0.1, 0.15) is 0 Å². The van der Waals surface area contributed by atoms with Gasteiger partial charge in [0.25, 0.3) is 0 Å². The van der Waals surface area contributed by atoms with Crippen molar-refractivity contribution in [2.24, 2.45) is 0 Å². The SMILES string of the molecule is C=CC(Sc1ccccn1)[Si](C)(C)C. The molecule has 0 aromatic carbocycles. The average molecular weight is 223 g/mol. The second kappa shape index (κ2) is 4.80. The molecule has 0 aliphatic rings. The molecule has 1 atom stereocenters. The zero-order chi connectivity index (χ0) is 10.6. The van der Waals surface area contributed by atoms with E-state index in [4.69, 9.17) is 0 Å². The van der Waals surface area contributed by atoms with Gasteiger partial charge in [0.05, 0.1) is 13.1 Å². The smallest absolute Gasteiger partial charge is 0.0962 e. The molecule has 1 nitrogen and oxygen atoms in total. The average Bonchev–Trinajstić information content (AvgIpc) is 2.14. The third kappa shape index (κ3) is 3.31. The monoisotopic (exact) mass is 223 g/mol. The zero-order valence-electron chi connectivity index (χ0n) is 9.03. The molecule has 0 aliphatic heterocycles. The zero-order valence-corrected chi connectivity index (χ0v) is 10.8. The molecule has 1 unspecified atom stereocenters. The van der Waals surface area contributed by atoms with Gasteiger partial charge in [-0.05, 0) is 12.1 Å². The van der Waals surface area contributed by atoms with Gasteiger partial charge in [-0.25, -0.2) is 4.98 Å². The van der Waals surface area contributed by atoms with E-state index in [9.17, 15) is 0 Å². The number of hydrogen-bond acceptors (Lipinski definition) is 2. The molecule has 76 valence electrons. The van der Waals surface area contributed by atoms with E-state index in [0.717, 1.165) is 5.03 Å². The molecule has 0 amide bonds. The van der Waals surface area contributed by atoms with Crippen LogP contribution in [0.25, 0.3) is 0 Å². The second-order valence-electron chi connectivity index (χ2n) is 4.31. The van der Waals surface area contributed by atoms with Gasteiger partial charge in [-0.3, -0.25) is 0 Å². The lowest BCUT2D eigenvalue weighted by Gasteiger charge is -2.24. The predicted octanol–water partition coefficient (Wildman–Crippen LogP) is 3.61. The fourth-order valence-corrected chi connectivity index (χ4v) is 4.24. The maximum atomic E-state index is 4.32. The van der Waals surface area contributed by atoms with Crippen LogP contribution >= 0.6 is 11.8 Å². The molecule has 0 bridgehead atoms. The van der Waals surface area contributed by atoms with E-state index in [1.807, 2.05) is 30.1 Å². The summed E-state index contributed by atoms with van der Waals surface area (Å²) in [7, 11) is -1.16. The number of thioether (sulfide) groups is 1. The van der Waals surface area contributed by atoms with Crippen molar-refractivity contribution in [1.82, 2.24) is 4.98 Å². The lowest BCUT2D eigenvalue weighted by molar-refractivity contribution is 1.13. The Morgan fingerprint density at radius 3 is 2.57 bits per heavy atom. The quantitative estimate of drug-likeness (QED) is 0.439. The highest BCUT2D eigenvalue weighted by Crippen LogP contribution is 2.28. The van der Waals surface area contributed by atoms with Crippen molar-refractivity contribution in [2.45, 2.75) is 29.5 Å². The van der Waals surface area contributed by atoms with Crippen molar-refractivity contribution in [3.63, 3.8) is 0 Å². The summed E-state index contributed by atoms with van der Waals surface area (Å²) in [5.41, 5.74) is 0. The van der Waals surface area contributed by atoms with E-state index >= 15 is 0 Å². The molecule has 1 heterocycles. The van der Waals surface area contributed by atoms with Crippen LogP contribution in [-0.2, 0) is 0 Å². The summed E-state index contributed by atoms with van der Waals surface area (Å²) in [6.07, 6.45) is 3.90. The van der Waals surface area contributed by atoms with Crippen molar-refractivity contribution < 1.29 is 0 Å². The van der Waals surface area contributed by atoms with Gasteiger partial charge >= 0.3 is 0 Å². The maximum absolute atomic E-state index is 4.32. The Morgan fingerprint density at radius 1 is 1.43 bits per heavy atom. The van der Waals surface area contributed by atoms with Gasteiger partial charge in [-0.1, -0.05) is 31.8 Å². The van der Waals surface area contributed by atoms with Crippen LogP contribution in [-0.4, -0.2) is 17.9 Å². The van der Waals surface area contributed by atoms with Gasteiger partial charge in [0, 0.05) is 11.1 Å². The van der Waals surface area contributed by atoms with Crippen molar-refractivity contribution in [3.8, 4) is 0 Å². The molecule has 1 aromatic heterocycles. The van der Waals surface area contributed by atoms with E-state index in [0.29, 0.717) is 4.87 Å². The third-order valence-corrected chi connectivity index (χ3v) is 7.30. The summed E-state index contributed by atoms with van der Waals surface area (Å²) in [5, 5.41) is 1.10. The highest BCUT2D eigenvalue weighted by molar-refractivity contribution is 8.01. The van der Waals surface area contributed by atoms with Crippen molar-refractivity contribution >= 4 is 19.8 Å². The van der Waals surface area contributed by atoms with Gasteiger partial charge in [-0.15, -0.1) is 18.3 Å². The Hall–Kier alpha value is -0.543. The summed E-state index contributed by atoms with van der Waals surface area (Å²) in [4.78, 5) is 4.86. The number of rotatable bonds is 4. The van der Waals surface area contributed by atoms with Crippen molar-refractivity contribution in [3.05, 3.63) is 37.1 Å². The molecule has 0 saturated carbocycles. The van der Waals surface area contributed by atoms with Gasteiger partial charge in [0.1, 0.15) is 0 Å². The molecule has 14 heavy (non-hydrogen) atoms. The molecular formula is C11H17NSSi. The van der Waals surface area contributed by atoms with Crippen LogP contribution in [0.4, 0.5) is 0 Å². The lowest BCUT2D eigenvalue weighted by Crippen LogP contribution is -2.33. The van der Waals surface area contributed by atoms with Crippen molar-refractivity contribution in [2.75, 3.05) is 0 Å². The molecule has 0 saturated heterocycles. The van der Waals surface area contributed by atoms with Crippen LogP contribution in [0.15, 0.2) is 42.1 Å². The molecule has 0 fully saturated rings. The lowest BCUT2D eigenvalue weighted by atomic mass is 10.5. The van der Waals surface area contributed by atoms with Crippen LogP contribution < -0.4 is 0 Å². The molecule has 0 spiro atoms. The summed E-state index contributed by atoms with van der Waals surface area (Å²) in [5.74, 6) is 0. The first-order valence-corrected chi connectivity index (χ1v) is 9.20. The highest BCUT2D eigenvalue weighted by atomic mass is 32.2. The Labute approximate surface area is 91.7 Å². The van der Waals surface area contributed by atoms with Gasteiger partial charge in [-0.2, -0.15) is 0 Å². The minimum Gasteiger partial charge on any atom is -0.250 e. The normalized spacial score (nSPS) is 13.6. The number of hydrogen-bond donors (Lipinski definition) is 0. The topological polar surface area (TPSA) is 12.9 Å². The first kappa shape index (κ1) is 11.5. The number of nitrogens with zero attached hydrogens (tertiary/aromatic N) is 1. The van der Waals surface area contributed by atoms with Crippen LogP contribution in [0.5, 0.6) is 0 Å². The molecule has 0 radical (unpaired) electrons. The molecule has 1 rings (SSSR count). The number of aromatic nitrogens is 1. The molecule has 1 aromatic rings. The summed E-state index contributed by atoms with van der Waals surface area (Å²) >= 11 is 1.83. The second-order valence-corrected chi connectivity index (χ2v) is 11.2. The van der Waals surface area contributed by atoms with E-state index in [-0.39, 0.29) is 0 Å². The van der Waals surface area contributed by atoms with E-state index in [2.05, 4.69) is 43.3 Å². The Bertz CT molecular complexity index is 292. The Balaban J connectivity index is 2.72. The highest BCUT2D eigenvalue weighted by Gasteiger charge is 2.25. The molecule has 0 aliphatic carbocycles. The van der Waals surface area contributed by atoms with Gasteiger partial charge in [0.2, 0.25) is 0 Å². The maximum Gasteiger partial charge on any atom is 0.0962 e. The minimum absolute atomic E-state index is 0.539. The standard InChI is InChI=1S/C11H17NSSi/c1-5-11(14(2,3)4)13-10-8-6-7-9-12-10/h5-9,11H,1H2,2-4H3. The first-order chi connectivity index (χ1) is 6.54. The summed E-state index contributed by atoms with van der Waals surface area (Å²) < 4.78 is 0. The summed E-state index contributed by atoms with van der Waals surface area (Å²) in [6, 6.07) is 6.03. The van der Waals surface area contributed by atoms with Crippen LogP contribution in [0.3, 0.4) is 0 Å². The fourth-order valence-electron chi connectivity index (χ4n) is 1.13. The molecular weight excluding hydrogens is 206 g/mol. The van der Waals surface area contributed by atoms with E-state index < -0.39 is 8.07 Å². The third-order valence-electron chi connectivity index (χ3n) is 1.95. The molecule has 0 N–H and O–H groups in total. The minimum atomic E-state index is -1.16. The largest absolute Gasteiger partial charge is 0.250 e. The van der Waals surface area contributed by atoms with Crippen molar-refractivity contribution in [1.29, 1.82) is 0 Å². The molecule has 3 heteroatoms. The summed E-state index contributed by atoms with van der Waals surface area (Å²) in [6.45, 7) is 11.0. The van der Waals surface area contributed by atoms with Gasteiger partial charge < -0.3 is 0 Å². The van der Waals surface area contributed by atoms with Crippen LogP contribution in [0, 0.1) is 0 Å². The Kier molecular flexibility index (Phi) is 3.95. The van der Waals surface area contributed by atoms with E-state index in [1.54, 1.807) is 0 Å². The van der Waals surface area contributed by atoms with Gasteiger partial charge in [0.15, 0.2) is 0 Å². The fraction of sp³-hybridized carbons (Fsp3) is 0.364. The number of pyridine rings is 1. The van der Waals surface area contributed by atoms with Crippen LogP contribution in [0.2, 0.25) is 19.6 Å².